The van der Waals surface area contributed by atoms with Crippen LogP contribution in [-0.2, 0) is 0 Å². The molecule has 0 atom stereocenters. The first-order valence-corrected chi connectivity index (χ1v) is 5.58. The molecule has 0 saturated heterocycles. The van der Waals surface area contributed by atoms with Crippen LogP contribution in [0.1, 0.15) is 15.9 Å². The van der Waals surface area contributed by atoms with Crippen molar-refractivity contribution in [3.8, 4) is 0 Å². The molecule has 6 heteroatoms. The van der Waals surface area contributed by atoms with Gasteiger partial charge in [-0.25, -0.2) is 4.98 Å². The fourth-order valence-corrected chi connectivity index (χ4v) is 1.60. The third-order valence-electron chi connectivity index (χ3n) is 2.39. The van der Waals surface area contributed by atoms with E-state index in [2.05, 4.69) is 15.3 Å². The van der Waals surface area contributed by atoms with E-state index in [0.717, 1.165) is 5.56 Å². The number of aryl methyl sites for hydroxylation is 1. The highest BCUT2D eigenvalue weighted by Crippen LogP contribution is 2.18. The van der Waals surface area contributed by atoms with Crippen molar-refractivity contribution in [3.05, 3.63) is 47.0 Å². The molecule has 0 spiro atoms. The maximum absolute atomic E-state index is 12.0. The molecule has 1 amide bonds. The van der Waals surface area contributed by atoms with Gasteiger partial charge in [0.1, 0.15) is 5.15 Å². The van der Waals surface area contributed by atoms with Crippen LogP contribution in [0.5, 0.6) is 0 Å². The molecule has 0 bridgehead atoms. The zero-order valence-electron chi connectivity index (χ0n) is 9.64. The Morgan fingerprint density at radius 1 is 1.44 bits per heavy atom. The fraction of sp³-hybridized carbons (Fsp3) is 0.0833. The number of hydrogen-bond donors (Lipinski definition) is 2. The van der Waals surface area contributed by atoms with Gasteiger partial charge in [0.15, 0.2) is 0 Å². The van der Waals surface area contributed by atoms with Crippen molar-refractivity contribution < 1.29 is 4.79 Å². The molecule has 5 nitrogen and oxygen atoms in total. The van der Waals surface area contributed by atoms with Crippen LogP contribution in [0.3, 0.4) is 0 Å². The lowest BCUT2D eigenvalue weighted by atomic mass is 10.2. The van der Waals surface area contributed by atoms with Gasteiger partial charge in [-0.05, 0) is 24.6 Å². The first-order chi connectivity index (χ1) is 8.58. The van der Waals surface area contributed by atoms with Crippen molar-refractivity contribution in [1.29, 1.82) is 0 Å². The third kappa shape index (κ3) is 2.57. The minimum Gasteiger partial charge on any atom is -0.397 e. The molecule has 0 fully saturated rings. The molecule has 0 aliphatic carbocycles. The Hall–Kier alpha value is -2.14. The number of hydrogen-bond acceptors (Lipinski definition) is 4. The van der Waals surface area contributed by atoms with Crippen LogP contribution in [-0.4, -0.2) is 15.9 Å². The van der Waals surface area contributed by atoms with Crippen LogP contribution in [0.2, 0.25) is 5.15 Å². The van der Waals surface area contributed by atoms with E-state index in [1.807, 2.05) is 6.92 Å². The largest absolute Gasteiger partial charge is 0.397 e. The predicted molar refractivity (Wildman–Crippen MR) is 70.6 cm³/mol. The van der Waals surface area contributed by atoms with Crippen molar-refractivity contribution in [2.75, 3.05) is 11.1 Å². The quantitative estimate of drug-likeness (QED) is 0.814. The minimum absolute atomic E-state index is 0.114. The molecule has 0 saturated carbocycles. The van der Waals surface area contributed by atoms with E-state index >= 15 is 0 Å². The van der Waals surface area contributed by atoms with E-state index in [0.29, 0.717) is 11.4 Å². The highest BCUT2D eigenvalue weighted by molar-refractivity contribution is 6.33. The summed E-state index contributed by atoms with van der Waals surface area (Å²) < 4.78 is 0. The lowest BCUT2D eigenvalue weighted by Gasteiger charge is -2.08. The molecule has 0 radical (unpaired) electrons. The van der Waals surface area contributed by atoms with Gasteiger partial charge in [0.05, 0.1) is 29.3 Å². The standard InChI is InChI=1S/C12H11ClN4O/c1-7-2-3-15-6-10(7)17-12(18)9-4-8(14)5-16-11(9)13/h2-6H,14H2,1H3,(H,17,18). The normalized spacial score (nSPS) is 10.1. The maximum Gasteiger partial charge on any atom is 0.258 e. The van der Waals surface area contributed by atoms with Gasteiger partial charge in [-0.1, -0.05) is 11.6 Å². The molecule has 2 aromatic rings. The average molecular weight is 263 g/mol. The Morgan fingerprint density at radius 2 is 2.22 bits per heavy atom. The van der Waals surface area contributed by atoms with Crippen molar-refractivity contribution in [2.24, 2.45) is 0 Å². The highest BCUT2D eigenvalue weighted by atomic mass is 35.5. The zero-order chi connectivity index (χ0) is 13.1. The van der Waals surface area contributed by atoms with Gasteiger partial charge in [0, 0.05) is 6.20 Å². The molecular weight excluding hydrogens is 252 g/mol. The van der Waals surface area contributed by atoms with E-state index in [9.17, 15) is 4.79 Å². The summed E-state index contributed by atoms with van der Waals surface area (Å²) in [5.41, 5.74) is 7.73. The minimum atomic E-state index is -0.365. The second-order valence-corrected chi connectivity index (χ2v) is 4.11. The van der Waals surface area contributed by atoms with Crippen LogP contribution in [0.4, 0.5) is 11.4 Å². The molecule has 18 heavy (non-hydrogen) atoms. The number of nitrogen functional groups attached to an aromatic ring is 1. The number of carbonyl (C=O) groups is 1. The number of nitrogens with zero attached hydrogens (tertiary/aromatic N) is 2. The molecule has 92 valence electrons. The number of rotatable bonds is 2. The van der Waals surface area contributed by atoms with Crippen LogP contribution in [0.25, 0.3) is 0 Å². The Kier molecular flexibility index (Phi) is 3.43. The lowest BCUT2D eigenvalue weighted by molar-refractivity contribution is 0.102. The third-order valence-corrected chi connectivity index (χ3v) is 2.69. The van der Waals surface area contributed by atoms with Crippen LogP contribution < -0.4 is 11.1 Å². The number of pyridine rings is 2. The van der Waals surface area contributed by atoms with Crippen molar-refractivity contribution in [2.45, 2.75) is 6.92 Å². The molecular formula is C12H11ClN4O. The van der Waals surface area contributed by atoms with E-state index in [-0.39, 0.29) is 16.6 Å². The molecule has 2 heterocycles. The summed E-state index contributed by atoms with van der Waals surface area (Å²) in [6.45, 7) is 1.87. The van der Waals surface area contributed by atoms with Crippen LogP contribution in [0.15, 0.2) is 30.7 Å². The number of carbonyl (C=O) groups excluding carboxylic acids is 1. The van der Waals surface area contributed by atoms with E-state index in [1.165, 1.54) is 12.3 Å². The molecule has 0 aliphatic rings. The van der Waals surface area contributed by atoms with Gasteiger partial charge in [-0.15, -0.1) is 0 Å². The Morgan fingerprint density at radius 3 is 2.94 bits per heavy atom. The van der Waals surface area contributed by atoms with E-state index in [1.54, 1.807) is 18.5 Å². The number of amides is 1. The fourth-order valence-electron chi connectivity index (χ4n) is 1.41. The summed E-state index contributed by atoms with van der Waals surface area (Å²) in [6.07, 6.45) is 4.62. The van der Waals surface area contributed by atoms with Crippen molar-refractivity contribution in [3.63, 3.8) is 0 Å². The number of nitrogens with one attached hydrogen (secondary N) is 1. The summed E-state index contributed by atoms with van der Waals surface area (Å²) in [4.78, 5) is 19.8. The average Bonchev–Trinajstić information content (AvgIpc) is 2.35. The van der Waals surface area contributed by atoms with E-state index < -0.39 is 0 Å². The van der Waals surface area contributed by atoms with Gasteiger partial charge in [0.2, 0.25) is 0 Å². The zero-order valence-corrected chi connectivity index (χ0v) is 10.4. The SMILES string of the molecule is Cc1ccncc1NC(=O)c1cc(N)cnc1Cl. The van der Waals surface area contributed by atoms with Crippen molar-refractivity contribution >= 4 is 28.9 Å². The number of anilines is 2. The Balaban J connectivity index is 2.28. The predicted octanol–water partition coefficient (Wildman–Crippen LogP) is 2.27. The molecule has 3 N–H and O–H groups in total. The monoisotopic (exact) mass is 262 g/mol. The Bertz CT molecular complexity index is 600. The second kappa shape index (κ2) is 5.01. The van der Waals surface area contributed by atoms with Gasteiger partial charge < -0.3 is 11.1 Å². The molecule has 0 aliphatic heterocycles. The molecule has 0 aromatic carbocycles. The van der Waals surface area contributed by atoms with Crippen LogP contribution in [0, 0.1) is 6.92 Å². The topological polar surface area (TPSA) is 80.9 Å². The summed E-state index contributed by atoms with van der Waals surface area (Å²) in [5.74, 6) is -0.365. The van der Waals surface area contributed by atoms with E-state index in [4.69, 9.17) is 17.3 Å². The lowest BCUT2D eigenvalue weighted by Crippen LogP contribution is -2.14. The summed E-state index contributed by atoms with van der Waals surface area (Å²) in [7, 11) is 0. The second-order valence-electron chi connectivity index (χ2n) is 3.75. The van der Waals surface area contributed by atoms with Gasteiger partial charge in [-0.3, -0.25) is 9.78 Å². The van der Waals surface area contributed by atoms with Crippen molar-refractivity contribution in [1.82, 2.24) is 9.97 Å². The molecule has 2 rings (SSSR count). The first kappa shape index (κ1) is 12.3. The Labute approximate surface area is 109 Å². The molecule has 2 aromatic heterocycles. The smallest absolute Gasteiger partial charge is 0.258 e. The molecule has 0 unspecified atom stereocenters. The summed E-state index contributed by atoms with van der Waals surface area (Å²) in [5, 5.41) is 2.83. The number of aromatic nitrogens is 2. The van der Waals surface area contributed by atoms with Gasteiger partial charge >= 0.3 is 0 Å². The van der Waals surface area contributed by atoms with Gasteiger partial charge in [0.25, 0.3) is 5.91 Å². The van der Waals surface area contributed by atoms with Gasteiger partial charge in [-0.2, -0.15) is 0 Å². The number of nitrogens with two attached hydrogens (primary N) is 1. The maximum atomic E-state index is 12.0. The first-order valence-electron chi connectivity index (χ1n) is 5.21. The number of halogens is 1. The highest BCUT2D eigenvalue weighted by Gasteiger charge is 2.13. The summed E-state index contributed by atoms with van der Waals surface area (Å²) >= 11 is 5.85. The summed E-state index contributed by atoms with van der Waals surface area (Å²) in [6, 6.07) is 3.28. The van der Waals surface area contributed by atoms with Crippen LogP contribution >= 0.6 is 11.6 Å².